The molecular weight excluding hydrogens is 311 g/mol. The van der Waals surface area contributed by atoms with Crippen LogP contribution in [0.15, 0.2) is 41.3 Å². The Labute approximate surface area is 129 Å². The van der Waals surface area contributed by atoms with Gasteiger partial charge in [0.2, 0.25) is 6.10 Å². The van der Waals surface area contributed by atoms with Gasteiger partial charge in [-0.25, -0.2) is 4.79 Å². The van der Waals surface area contributed by atoms with Crippen molar-refractivity contribution in [2.75, 3.05) is 0 Å². The summed E-state index contributed by atoms with van der Waals surface area (Å²) in [4.78, 5) is 26.3. The quantitative estimate of drug-likeness (QED) is 0.879. The summed E-state index contributed by atoms with van der Waals surface area (Å²) in [5.41, 5.74) is -0.523. The van der Waals surface area contributed by atoms with Gasteiger partial charge in [-0.1, -0.05) is 24.3 Å². The van der Waals surface area contributed by atoms with Crippen LogP contribution >= 0.6 is 0 Å². The van der Waals surface area contributed by atoms with E-state index in [4.69, 9.17) is 0 Å². The summed E-state index contributed by atoms with van der Waals surface area (Å²) in [7, 11) is 0. The van der Waals surface area contributed by atoms with Crippen molar-refractivity contribution >= 4 is 5.97 Å². The van der Waals surface area contributed by atoms with Gasteiger partial charge in [-0.05, 0) is 19.4 Å². The molecule has 1 aromatic heterocycles. The average Bonchev–Trinajstić information content (AvgIpc) is 2.44. The number of carbonyl (C=O) groups excluding carboxylic acids is 1. The zero-order chi connectivity index (χ0) is 17.2. The Kier molecular flexibility index (Phi) is 4.58. The number of carbonyl (C=O) groups is 1. The van der Waals surface area contributed by atoms with Gasteiger partial charge in [-0.3, -0.25) is 4.79 Å². The Bertz CT molecular complexity index is 781. The molecule has 7 heteroatoms. The molecule has 0 bridgehead atoms. The molecule has 0 fully saturated rings. The van der Waals surface area contributed by atoms with E-state index >= 15 is 0 Å². The molecule has 122 valence electrons. The summed E-state index contributed by atoms with van der Waals surface area (Å²) in [6, 6.07) is 6.85. The summed E-state index contributed by atoms with van der Waals surface area (Å²) in [6.45, 7) is 3.07. The van der Waals surface area contributed by atoms with Crippen molar-refractivity contribution in [1.82, 2.24) is 4.98 Å². The maximum atomic E-state index is 13.3. The van der Waals surface area contributed by atoms with E-state index in [1.54, 1.807) is 13.0 Å². The molecule has 0 saturated heterocycles. The zero-order valence-corrected chi connectivity index (χ0v) is 12.4. The van der Waals surface area contributed by atoms with Crippen LogP contribution in [-0.2, 0) is 4.74 Å². The van der Waals surface area contributed by atoms with Crippen molar-refractivity contribution in [1.29, 1.82) is 0 Å². The zero-order valence-electron chi connectivity index (χ0n) is 12.4. The molecule has 0 aliphatic heterocycles. The lowest BCUT2D eigenvalue weighted by atomic mass is 10.0. The highest BCUT2D eigenvalue weighted by atomic mass is 19.4. The third-order valence-electron chi connectivity index (χ3n) is 3.27. The first-order valence-electron chi connectivity index (χ1n) is 6.72. The molecule has 23 heavy (non-hydrogen) atoms. The first kappa shape index (κ1) is 16.8. The molecule has 0 radical (unpaired) electrons. The number of aromatic nitrogens is 1. The Hall–Kier alpha value is -2.57. The maximum absolute atomic E-state index is 13.3. The second-order valence-electron chi connectivity index (χ2n) is 5.08. The number of halogens is 3. The number of ether oxygens (including phenoxy) is 1. The summed E-state index contributed by atoms with van der Waals surface area (Å²) < 4.78 is 44.4. The van der Waals surface area contributed by atoms with Gasteiger partial charge in [0.1, 0.15) is 5.56 Å². The van der Waals surface area contributed by atoms with Crippen LogP contribution in [-0.4, -0.2) is 17.1 Å². The van der Waals surface area contributed by atoms with Gasteiger partial charge >= 0.3 is 12.1 Å². The second-order valence-corrected chi connectivity index (χ2v) is 5.08. The van der Waals surface area contributed by atoms with Gasteiger partial charge in [-0.2, -0.15) is 13.2 Å². The van der Waals surface area contributed by atoms with Gasteiger partial charge in [0.25, 0.3) is 0 Å². The van der Waals surface area contributed by atoms with Gasteiger partial charge in [0.15, 0.2) is 5.43 Å². The van der Waals surface area contributed by atoms with Crippen LogP contribution in [0.2, 0.25) is 0 Å². The lowest BCUT2D eigenvalue weighted by Gasteiger charge is -2.22. The Morgan fingerprint density at radius 2 is 1.87 bits per heavy atom. The van der Waals surface area contributed by atoms with E-state index in [9.17, 15) is 22.8 Å². The number of benzene rings is 1. The minimum Gasteiger partial charge on any atom is -0.444 e. The molecule has 1 aromatic carbocycles. The fraction of sp³-hybridized carbons (Fsp3) is 0.250. The predicted octanol–water partition coefficient (Wildman–Crippen LogP) is 3.45. The number of hydrogen-bond donors (Lipinski definition) is 1. The third kappa shape index (κ3) is 3.80. The molecule has 0 spiro atoms. The van der Waals surface area contributed by atoms with Crippen molar-refractivity contribution in [2.24, 2.45) is 0 Å². The van der Waals surface area contributed by atoms with Crippen LogP contribution < -0.4 is 5.43 Å². The van der Waals surface area contributed by atoms with Crippen molar-refractivity contribution in [3.05, 3.63) is 69.1 Å². The maximum Gasteiger partial charge on any atom is 0.429 e. The topological polar surface area (TPSA) is 59.2 Å². The highest BCUT2D eigenvalue weighted by Crippen LogP contribution is 2.37. The number of H-pyrrole nitrogens is 1. The summed E-state index contributed by atoms with van der Waals surface area (Å²) in [5, 5.41) is 0. The number of nitrogens with one attached hydrogen (secondary N) is 1. The molecule has 2 aromatic rings. The second kappa shape index (κ2) is 6.28. The number of aromatic amines is 1. The lowest BCUT2D eigenvalue weighted by Crippen LogP contribution is -2.29. The fourth-order valence-corrected chi connectivity index (χ4v) is 2.09. The Balaban J connectivity index is 2.38. The van der Waals surface area contributed by atoms with Crippen LogP contribution in [0.5, 0.6) is 0 Å². The Morgan fingerprint density at radius 1 is 1.22 bits per heavy atom. The smallest absolute Gasteiger partial charge is 0.429 e. The number of aryl methyl sites for hydroxylation is 2. The summed E-state index contributed by atoms with van der Waals surface area (Å²) >= 11 is 0. The summed E-state index contributed by atoms with van der Waals surface area (Å²) in [5.74, 6) is -1.32. The van der Waals surface area contributed by atoms with Gasteiger partial charge < -0.3 is 9.72 Å². The highest BCUT2D eigenvalue weighted by Gasteiger charge is 2.45. The molecule has 2 rings (SSSR count). The van der Waals surface area contributed by atoms with Gasteiger partial charge in [-0.15, -0.1) is 0 Å². The molecule has 0 amide bonds. The number of esters is 1. The minimum absolute atomic E-state index is 0.170. The van der Waals surface area contributed by atoms with Crippen LogP contribution in [0.4, 0.5) is 13.2 Å². The van der Waals surface area contributed by atoms with E-state index in [2.05, 4.69) is 9.72 Å². The van der Waals surface area contributed by atoms with E-state index in [1.807, 2.05) is 0 Å². The molecule has 1 N–H and O–H groups in total. The molecule has 1 atom stereocenters. The number of pyridine rings is 1. The molecule has 1 heterocycles. The number of rotatable bonds is 3. The number of alkyl halides is 3. The van der Waals surface area contributed by atoms with E-state index < -0.39 is 29.2 Å². The monoisotopic (exact) mass is 325 g/mol. The van der Waals surface area contributed by atoms with Crippen LogP contribution in [0.1, 0.15) is 33.3 Å². The van der Waals surface area contributed by atoms with E-state index in [0.29, 0.717) is 11.3 Å². The van der Waals surface area contributed by atoms with Crippen LogP contribution in [0, 0.1) is 13.8 Å². The first-order chi connectivity index (χ1) is 10.7. The molecule has 0 aliphatic carbocycles. The van der Waals surface area contributed by atoms with Crippen molar-refractivity contribution < 1.29 is 22.7 Å². The van der Waals surface area contributed by atoms with E-state index in [1.165, 1.54) is 25.1 Å². The third-order valence-corrected chi connectivity index (χ3v) is 3.27. The largest absolute Gasteiger partial charge is 0.444 e. The van der Waals surface area contributed by atoms with Gasteiger partial charge in [0.05, 0.1) is 0 Å². The predicted molar refractivity (Wildman–Crippen MR) is 77.2 cm³/mol. The molecule has 0 saturated carbocycles. The lowest BCUT2D eigenvalue weighted by molar-refractivity contribution is -0.207. The standard InChI is InChI=1S/C16H14F3NO3/c1-9-5-3-4-6-11(9)14(16(17,18)19)23-15(22)12-8-20-10(2)7-13(12)21/h3-8,14H,1-2H3,(H,20,21)/t14-/m0/s1. The Morgan fingerprint density at radius 3 is 2.43 bits per heavy atom. The first-order valence-corrected chi connectivity index (χ1v) is 6.72. The average molecular weight is 325 g/mol. The van der Waals surface area contributed by atoms with Crippen molar-refractivity contribution in [2.45, 2.75) is 26.1 Å². The van der Waals surface area contributed by atoms with Gasteiger partial charge in [0, 0.05) is 23.5 Å². The molecular formula is C16H14F3NO3. The minimum atomic E-state index is -4.79. The van der Waals surface area contributed by atoms with Crippen LogP contribution in [0.25, 0.3) is 0 Å². The SMILES string of the molecule is Cc1cc(=O)c(C(=O)O[C@@H](c2ccccc2C)C(F)(F)F)c[nH]1. The molecule has 0 aliphatic rings. The fourth-order valence-electron chi connectivity index (χ4n) is 2.09. The summed E-state index contributed by atoms with van der Waals surface area (Å²) in [6.07, 6.45) is -6.18. The molecule has 0 unspecified atom stereocenters. The molecule has 4 nitrogen and oxygen atoms in total. The van der Waals surface area contributed by atoms with E-state index in [-0.39, 0.29) is 5.56 Å². The number of hydrogen-bond acceptors (Lipinski definition) is 3. The van der Waals surface area contributed by atoms with Crippen molar-refractivity contribution in [3.63, 3.8) is 0 Å². The normalized spacial score (nSPS) is 12.7. The highest BCUT2D eigenvalue weighted by molar-refractivity contribution is 5.89. The van der Waals surface area contributed by atoms with Crippen molar-refractivity contribution in [3.8, 4) is 0 Å². The van der Waals surface area contributed by atoms with E-state index in [0.717, 1.165) is 12.3 Å². The van der Waals surface area contributed by atoms with Crippen LogP contribution in [0.3, 0.4) is 0 Å².